The van der Waals surface area contributed by atoms with Crippen LogP contribution in [0.15, 0.2) is 55.1 Å². The molecule has 0 radical (unpaired) electrons. The summed E-state index contributed by atoms with van der Waals surface area (Å²) in [6, 6.07) is 15.5. The third-order valence-electron chi connectivity index (χ3n) is 2.61. The average molecular weight is 238 g/mol. The second-order valence-corrected chi connectivity index (χ2v) is 3.91. The van der Waals surface area contributed by atoms with Gasteiger partial charge in [-0.25, -0.2) is 0 Å². The molecular weight excluding hydrogens is 224 g/mol. The summed E-state index contributed by atoms with van der Waals surface area (Å²) < 4.78 is 5.00. The normalized spacial score (nSPS) is 9.83. The standard InChI is InChI=1S/C16H14O2/c1-3-13-6-4-5-7-16(13)14-8-10-15(11-9-14)18-12(2)17/h3-11H,1H2,2H3. The second kappa shape index (κ2) is 5.32. The van der Waals surface area contributed by atoms with Gasteiger partial charge in [-0.05, 0) is 28.8 Å². The zero-order valence-electron chi connectivity index (χ0n) is 10.2. The molecule has 0 aliphatic carbocycles. The first-order valence-electron chi connectivity index (χ1n) is 5.71. The Kier molecular flexibility index (Phi) is 3.58. The van der Waals surface area contributed by atoms with Gasteiger partial charge in [-0.2, -0.15) is 0 Å². The molecule has 0 spiro atoms. The first kappa shape index (κ1) is 12.1. The van der Waals surface area contributed by atoms with Gasteiger partial charge in [0.05, 0.1) is 0 Å². The molecule has 0 N–H and O–H groups in total. The predicted octanol–water partition coefficient (Wildman–Crippen LogP) is 3.92. The molecule has 0 unspecified atom stereocenters. The molecule has 0 heterocycles. The maximum atomic E-state index is 10.8. The molecular formula is C16H14O2. The molecule has 0 atom stereocenters. The minimum Gasteiger partial charge on any atom is -0.427 e. The van der Waals surface area contributed by atoms with E-state index in [0.717, 1.165) is 16.7 Å². The van der Waals surface area contributed by atoms with E-state index in [-0.39, 0.29) is 5.97 Å². The maximum Gasteiger partial charge on any atom is 0.308 e. The van der Waals surface area contributed by atoms with Crippen molar-refractivity contribution in [3.8, 4) is 16.9 Å². The van der Waals surface area contributed by atoms with Crippen LogP contribution in [-0.4, -0.2) is 5.97 Å². The highest BCUT2D eigenvalue weighted by Crippen LogP contribution is 2.26. The van der Waals surface area contributed by atoms with Gasteiger partial charge in [-0.15, -0.1) is 0 Å². The zero-order chi connectivity index (χ0) is 13.0. The third-order valence-corrected chi connectivity index (χ3v) is 2.61. The van der Waals surface area contributed by atoms with Gasteiger partial charge < -0.3 is 4.74 Å². The van der Waals surface area contributed by atoms with Crippen LogP contribution in [0.3, 0.4) is 0 Å². The summed E-state index contributed by atoms with van der Waals surface area (Å²) in [5.41, 5.74) is 3.26. The van der Waals surface area contributed by atoms with Crippen LogP contribution < -0.4 is 4.74 Å². The van der Waals surface area contributed by atoms with Crippen LogP contribution in [-0.2, 0) is 4.79 Å². The zero-order valence-corrected chi connectivity index (χ0v) is 10.2. The van der Waals surface area contributed by atoms with Gasteiger partial charge in [0.15, 0.2) is 0 Å². The van der Waals surface area contributed by atoms with E-state index in [2.05, 4.69) is 6.58 Å². The molecule has 0 amide bonds. The average Bonchev–Trinajstić information content (AvgIpc) is 2.39. The van der Waals surface area contributed by atoms with Crippen molar-refractivity contribution in [1.29, 1.82) is 0 Å². The molecule has 0 saturated heterocycles. The van der Waals surface area contributed by atoms with Crippen molar-refractivity contribution >= 4 is 12.0 Å². The first-order valence-corrected chi connectivity index (χ1v) is 5.71. The van der Waals surface area contributed by atoms with Crippen molar-refractivity contribution in [2.75, 3.05) is 0 Å². The molecule has 0 bridgehead atoms. The quantitative estimate of drug-likeness (QED) is 0.598. The van der Waals surface area contributed by atoms with E-state index in [1.165, 1.54) is 6.92 Å². The van der Waals surface area contributed by atoms with Crippen molar-refractivity contribution < 1.29 is 9.53 Å². The highest BCUT2D eigenvalue weighted by atomic mass is 16.5. The number of ether oxygens (including phenoxy) is 1. The minimum absolute atomic E-state index is 0.311. The largest absolute Gasteiger partial charge is 0.427 e. The third kappa shape index (κ3) is 2.66. The number of carbonyl (C=O) groups excluding carboxylic acids is 1. The summed E-state index contributed by atoms with van der Waals surface area (Å²) in [6.45, 7) is 5.19. The van der Waals surface area contributed by atoms with Crippen molar-refractivity contribution in [2.45, 2.75) is 6.92 Å². The maximum absolute atomic E-state index is 10.8. The lowest BCUT2D eigenvalue weighted by molar-refractivity contribution is -0.131. The highest BCUT2D eigenvalue weighted by Gasteiger charge is 2.03. The number of hydrogen-bond donors (Lipinski definition) is 0. The van der Waals surface area contributed by atoms with Crippen molar-refractivity contribution in [1.82, 2.24) is 0 Å². The van der Waals surface area contributed by atoms with E-state index in [9.17, 15) is 4.79 Å². The molecule has 0 fully saturated rings. The van der Waals surface area contributed by atoms with E-state index in [1.807, 2.05) is 42.5 Å². The SMILES string of the molecule is C=Cc1ccccc1-c1ccc(OC(C)=O)cc1. The number of hydrogen-bond acceptors (Lipinski definition) is 2. The van der Waals surface area contributed by atoms with Crippen molar-refractivity contribution in [3.05, 3.63) is 60.7 Å². The summed E-state index contributed by atoms with van der Waals surface area (Å²) in [5, 5.41) is 0. The molecule has 0 aromatic heterocycles. The van der Waals surface area contributed by atoms with E-state index in [1.54, 1.807) is 12.1 Å². The van der Waals surface area contributed by atoms with Crippen molar-refractivity contribution in [3.63, 3.8) is 0 Å². The van der Waals surface area contributed by atoms with Crippen LogP contribution in [0.25, 0.3) is 17.2 Å². The molecule has 18 heavy (non-hydrogen) atoms. The van der Waals surface area contributed by atoms with Crippen LogP contribution in [0.4, 0.5) is 0 Å². The molecule has 2 rings (SSSR count). The van der Waals surface area contributed by atoms with Gasteiger partial charge in [0.2, 0.25) is 0 Å². The Morgan fingerprint density at radius 2 is 1.78 bits per heavy atom. The summed E-state index contributed by atoms with van der Waals surface area (Å²) in [4.78, 5) is 10.8. The fourth-order valence-corrected chi connectivity index (χ4v) is 1.81. The molecule has 2 heteroatoms. The van der Waals surface area contributed by atoms with Gasteiger partial charge in [0, 0.05) is 6.92 Å². The molecule has 90 valence electrons. The van der Waals surface area contributed by atoms with Crippen LogP contribution in [0.2, 0.25) is 0 Å². The highest BCUT2D eigenvalue weighted by molar-refractivity contribution is 5.75. The van der Waals surface area contributed by atoms with Gasteiger partial charge in [-0.1, -0.05) is 49.1 Å². The van der Waals surface area contributed by atoms with Crippen molar-refractivity contribution in [2.24, 2.45) is 0 Å². The lowest BCUT2D eigenvalue weighted by atomic mass is 10.00. The first-order chi connectivity index (χ1) is 8.70. The van der Waals surface area contributed by atoms with Gasteiger partial charge in [0.1, 0.15) is 5.75 Å². The Morgan fingerprint density at radius 1 is 1.11 bits per heavy atom. The molecule has 0 aliphatic heterocycles. The fourth-order valence-electron chi connectivity index (χ4n) is 1.81. The summed E-state index contributed by atoms with van der Waals surface area (Å²) in [7, 11) is 0. The monoisotopic (exact) mass is 238 g/mol. The van der Waals surface area contributed by atoms with E-state index >= 15 is 0 Å². The number of esters is 1. The molecule has 2 aromatic carbocycles. The molecule has 0 aliphatic rings. The summed E-state index contributed by atoms with van der Waals surface area (Å²) in [6.07, 6.45) is 1.83. The Bertz CT molecular complexity index is 568. The lowest BCUT2D eigenvalue weighted by Gasteiger charge is -2.07. The Labute approximate surface area is 107 Å². The Hall–Kier alpha value is -2.35. The van der Waals surface area contributed by atoms with Gasteiger partial charge in [0.25, 0.3) is 0 Å². The van der Waals surface area contributed by atoms with Crippen LogP contribution in [0, 0.1) is 0 Å². The topological polar surface area (TPSA) is 26.3 Å². The fraction of sp³-hybridized carbons (Fsp3) is 0.0625. The summed E-state index contributed by atoms with van der Waals surface area (Å²) >= 11 is 0. The van der Waals surface area contributed by atoms with E-state index in [0.29, 0.717) is 5.75 Å². The van der Waals surface area contributed by atoms with Gasteiger partial charge >= 0.3 is 5.97 Å². The van der Waals surface area contributed by atoms with Crippen LogP contribution >= 0.6 is 0 Å². The van der Waals surface area contributed by atoms with Crippen LogP contribution in [0.5, 0.6) is 5.75 Å². The Morgan fingerprint density at radius 3 is 2.39 bits per heavy atom. The Balaban J connectivity index is 2.34. The minimum atomic E-state index is -0.311. The smallest absolute Gasteiger partial charge is 0.308 e. The molecule has 2 nitrogen and oxygen atoms in total. The second-order valence-electron chi connectivity index (χ2n) is 3.91. The number of benzene rings is 2. The number of rotatable bonds is 3. The van der Waals surface area contributed by atoms with E-state index in [4.69, 9.17) is 4.74 Å². The number of carbonyl (C=O) groups is 1. The molecule has 0 saturated carbocycles. The van der Waals surface area contributed by atoms with Crippen LogP contribution in [0.1, 0.15) is 12.5 Å². The summed E-state index contributed by atoms with van der Waals surface area (Å²) in [5.74, 6) is 0.247. The van der Waals surface area contributed by atoms with Gasteiger partial charge in [-0.3, -0.25) is 4.79 Å². The predicted molar refractivity (Wildman–Crippen MR) is 73.3 cm³/mol. The lowest BCUT2D eigenvalue weighted by Crippen LogP contribution is -2.00. The molecule has 2 aromatic rings. The van der Waals surface area contributed by atoms with E-state index < -0.39 is 0 Å².